The van der Waals surface area contributed by atoms with E-state index >= 15 is 0 Å². The zero-order chi connectivity index (χ0) is 15.9. The summed E-state index contributed by atoms with van der Waals surface area (Å²) in [6, 6.07) is 14.7. The minimum atomic E-state index is -0.692. The molecular weight excluding hydrogens is 302 g/mol. The molecule has 0 radical (unpaired) electrons. The number of amides is 3. The summed E-state index contributed by atoms with van der Waals surface area (Å²) in [6.45, 7) is 1.60. The third kappa shape index (κ3) is 4.79. The van der Waals surface area contributed by atoms with Crippen LogP contribution in [0.15, 0.2) is 54.6 Å². The highest BCUT2D eigenvalue weighted by molar-refractivity contribution is 6.30. The molecule has 0 bridgehead atoms. The van der Waals surface area contributed by atoms with Gasteiger partial charge < -0.3 is 16.0 Å². The molecule has 2 rings (SSSR count). The summed E-state index contributed by atoms with van der Waals surface area (Å²) in [6.07, 6.45) is 0. The number of hydrogen-bond donors (Lipinski definition) is 3. The van der Waals surface area contributed by atoms with Crippen LogP contribution in [0.4, 0.5) is 16.2 Å². The van der Waals surface area contributed by atoms with Crippen LogP contribution in [0.5, 0.6) is 0 Å². The number of hydrogen-bond acceptors (Lipinski definition) is 2. The van der Waals surface area contributed by atoms with Crippen molar-refractivity contribution in [1.82, 2.24) is 5.32 Å². The molecule has 6 heteroatoms. The Morgan fingerprint density at radius 3 is 2.32 bits per heavy atom. The second-order valence-electron chi connectivity index (χ2n) is 4.69. The van der Waals surface area contributed by atoms with Crippen LogP contribution < -0.4 is 16.0 Å². The Hall–Kier alpha value is -2.53. The average Bonchev–Trinajstić information content (AvgIpc) is 2.48. The Labute approximate surface area is 133 Å². The van der Waals surface area contributed by atoms with Gasteiger partial charge in [0, 0.05) is 16.4 Å². The number of halogens is 1. The SMILES string of the molecule is CC(NC(=O)Nc1ccccc1)C(=O)Nc1cccc(Cl)c1. The fourth-order valence-electron chi connectivity index (χ4n) is 1.77. The zero-order valence-electron chi connectivity index (χ0n) is 12.0. The summed E-state index contributed by atoms with van der Waals surface area (Å²) in [7, 11) is 0. The van der Waals surface area contributed by atoms with Gasteiger partial charge in [0.25, 0.3) is 0 Å². The highest BCUT2D eigenvalue weighted by Crippen LogP contribution is 2.15. The van der Waals surface area contributed by atoms with E-state index in [1.165, 1.54) is 0 Å². The maximum absolute atomic E-state index is 12.0. The molecule has 1 unspecified atom stereocenters. The molecule has 0 heterocycles. The van der Waals surface area contributed by atoms with Gasteiger partial charge in [-0.1, -0.05) is 35.9 Å². The van der Waals surface area contributed by atoms with Crippen molar-refractivity contribution in [2.75, 3.05) is 10.6 Å². The molecule has 2 aromatic carbocycles. The van der Waals surface area contributed by atoms with Gasteiger partial charge in [-0.3, -0.25) is 4.79 Å². The van der Waals surface area contributed by atoms with Crippen LogP contribution in [0.2, 0.25) is 5.02 Å². The molecule has 0 aliphatic carbocycles. The van der Waals surface area contributed by atoms with Gasteiger partial charge in [0.15, 0.2) is 0 Å². The molecule has 2 aromatic rings. The van der Waals surface area contributed by atoms with Gasteiger partial charge in [0.1, 0.15) is 6.04 Å². The van der Waals surface area contributed by atoms with E-state index in [1.54, 1.807) is 43.3 Å². The van der Waals surface area contributed by atoms with Crippen molar-refractivity contribution in [2.24, 2.45) is 0 Å². The minimum Gasteiger partial charge on any atom is -0.326 e. The van der Waals surface area contributed by atoms with Crippen molar-refractivity contribution in [3.8, 4) is 0 Å². The van der Waals surface area contributed by atoms with E-state index in [-0.39, 0.29) is 5.91 Å². The van der Waals surface area contributed by atoms with E-state index in [4.69, 9.17) is 11.6 Å². The third-order valence-corrected chi connectivity index (χ3v) is 3.10. The molecule has 3 N–H and O–H groups in total. The lowest BCUT2D eigenvalue weighted by molar-refractivity contribution is -0.117. The van der Waals surface area contributed by atoms with Crippen LogP contribution >= 0.6 is 11.6 Å². The van der Waals surface area contributed by atoms with Gasteiger partial charge in [-0.15, -0.1) is 0 Å². The molecule has 22 heavy (non-hydrogen) atoms. The first-order valence-corrected chi connectivity index (χ1v) is 7.11. The van der Waals surface area contributed by atoms with E-state index in [9.17, 15) is 9.59 Å². The highest BCUT2D eigenvalue weighted by Gasteiger charge is 2.15. The van der Waals surface area contributed by atoms with Gasteiger partial charge in [-0.05, 0) is 37.3 Å². The first kappa shape index (κ1) is 15.9. The second kappa shape index (κ2) is 7.47. The van der Waals surface area contributed by atoms with Crippen molar-refractivity contribution in [3.05, 3.63) is 59.6 Å². The van der Waals surface area contributed by atoms with Gasteiger partial charge >= 0.3 is 6.03 Å². The summed E-state index contributed by atoms with van der Waals surface area (Å²) >= 11 is 5.85. The lowest BCUT2D eigenvalue weighted by Gasteiger charge is -2.15. The van der Waals surface area contributed by atoms with Crippen LogP contribution in [-0.2, 0) is 4.79 Å². The number of carbonyl (C=O) groups excluding carboxylic acids is 2. The van der Waals surface area contributed by atoms with E-state index in [0.29, 0.717) is 16.4 Å². The quantitative estimate of drug-likeness (QED) is 0.808. The fraction of sp³-hybridized carbons (Fsp3) is 0.125. The monoisotopic (exact) mass is 317 g/mol. The van der Waals surface area contributed by atoms with Crippen molar-refractivity contribution in [3.63, 3.8) is 0 Å². The summed E-state index contributed by atoms with van der Waals surface area (Å²) in [5, 5.41) is 8.43. The molecule has 0 fully saturated rings. The normalized spacial score (nSPS) is 11.4. The van der Waals surface area contributed by atoms with Crippen molar-refractivity contribution in [2.45, 2.75) is 13.0 Å². The number of carbonyl (C=O) groups is 2. The van der Waals surface area contributed by atoms with Crippen molar-refractivity contribution >= 4 is 34.9 Å². The number of benzene rings is 2. The summed E-state index contributed by atoms with van der Waals surface area (Å²) < 4.78 is 0. The van der Waals surface area contributed by atoms with Crippen molar-refractivity contribution < 1.29 is 9.59 Å². The van der Waals surface area contributed by atoms with E-state index < -0.39 is 12.1 Å². The van der Waals surface area contributed by atoms with Crippen LogP contribution in [0, 0.1) is 0 Å². The maximum Gasteiger partial charge on any atom is 0.319 e. The highest BCUT2D eigenvalue weighted by atomic mass is 35.5. The van der Waals surface area contributed by atoms with E-state index in [0.717, 1.165) is 0 Å². The molecule has 1 atom stereocenters. The average molecular weight is 318 g/mol. The largest absolute Gasteiger partial charge is 0.326 e. The van der Waals surface area contributed by atoms with Gasteiger partial charge in [-0.2, -0.15) is 0 Å². The first-order valence-electron chi connectivity index (χ1n) is 6.73. The number of nitrogens with one attached hydrogen (secondary N) is 3. The molecule has 3 amide bonds. The molecule has 0 saturated heterocycles. The Kier molecular flexibility index (Phi) is 5.38. The summed E-state index contributed by atoms with van der Waals surface area (Å²) in [5.41, 5.74) is 1.23. The molecule has 5 nitrogen and oxygen atoms in total. The summed E-state index contributed by atoms with van der Waals surface area (Å²) in [4.78, 5) is 23.8. The molecule has 0 aliphatic heterocycles. The van der Waals surface area contributed by atoms with Gasteiger partial charge in [0.05, 0.1) is 0 Å². The topological polar surface area (TPSA) is 70.2 Å². The second-order valence-corrected chi connectivity index (χ2v) is 5.12. The standard InChI is InChI=1S/C16H16ClN3O2/c1-11(15(21)19-14-9-5-6-12(17)10-14)18-16(22)20-13-7-3-2-4-8-13/h2-11H,1H3,(H,19,21)(H2,18,20,22). The predicted molar refractivity (Wildman–Crippen MR) is 88.1 cm³/mol. The Balaban J connectivity index is 1.87. The van der Waals surface area contributed by atoms with Crippen LogP contribution in [0.25, 0.3) is 0 Å². The van der Waals surface area contributed by atoms with E-state index in [2.05, 4.69) is 16.0 Å². The number of para-hydroxylation sites is 1. The summed E-state index contributed by atoms with van der Waals surface area (Å²) in [5.74, 6) is -0.328. The molecule has 0 aliphatic rings. The number of rotatable bonds is 4. The van der Waals surface area contributed by atoms with E-state index in [1.807, 2.05) is 18.2 Å². The molecule has 0 aromatic heterocycles. The fourth-order valence-corrected chi connectivity index (χ4v) is 1.96. The molecular formula is C16H16ClN3O2. The number of urea groups is 1. The lowest BCUT2D eigenvalue weighted by Crippen LogP contribution is -2.43. The Morgan fingerprint density at radius 2 is 1.64 bits per heavy atom. The predicted octanol–water partition coefficient (Wildman–Crippen LogP) is 3.49. The maximum atomic E-state index is 12.0. The van der Waals surface area contributed by atoms with Crippen LogP contribution in [0.3, 0.4) is 0 Å². The first-order chi connectivity index (χ1) is 10.5. The lowest BCUT2D eigenvalue weighted by atomic mass is 10.2. The van der Waals surface area contributed by atoms with Crippen LogP contribution in [-0.4, -0.2) is 18.0 Å². The number of anilines is 2. The van der Waals surface area contributed by atoms with Gasteiger partial charge in [0.2, 0.25) is 5.91 Å². The van der Waals surface area contributed by atoms with Crippen molar-refractivity contribution in [1.29, 1.82) is 0 Å². The minimum absolute atomic E-state index is 0.328. The molecule has 0 spiro atoms. The van der Waals surface area contributed by atoms with Gasteiger partial charge in [-0.25, -0.2) is 4.79 Å². The zero-order valence-corrected chi connectivity index (χ0v) is 12.7. The smallest absolute Gasteiger partial charge is 0.319 e. The molecule has 114 valence electrons. The molecule has 0 saturated carbocycles. The Morgan fingerprint density at radius 1 is 0.955 bits per heavy atom. The third-order valence-electron chi connectivity index (χ3n) is 2.86. The Bertz CT molecular complexity index is 661. The van der Waals surface area contributed by atoms with Crippen LogP contribution in [0.1, 0.15) is 6.92 Å².